The summed E-state index contributed by atoms with van der Waals surface area (Å²) in [4.78, 5) is 0. The monoisotopic (exact) mass is 340 g/mol. The molecule has 1 aromatic heterocycles. The third kappa shape index (κ3) is 2.63. The predicted molar refractivity (Wildman–Crippen MR) is 80.6 cm³/mol. The molecule has 1 aromatic carbocycles. The zero-order valence-corrected chi connectivity index (χ0v) is 13.3. The number of nitrogens with two attached hydrogens (primary N) is 1. The molecule has 1 unspecified atom stereocenters. The van der Waals surface area contributed by atoms with Crippen molar-refractivity contribution in [3.8, 4) is 0 Å². The molecule has 0 bridgehead atoms. The molecule has 0 aliphatic heterocycles. The lowest BCUT2D eigenvalue weighted by atomic mass is 10.0. The smallest absolute Gasteiger partial charge is 0.131 e. The van der Waals surface area contributed by atoms with Crippen LogP contribution in [0.5, 0.6) is 0 Å². The van der Waals surface area contributed by atoms with Gasteiger partial charge in [-0.3, -0.25) is 10.5 Å². The van der Waals surface area contributed by atoms with Crippen LogP contribution in [-0.4, -0.2) is 9.78 Å². The van der Waals surface area contributed by atoms with Gasteiger partial charge in [-0.1, -0.05) is 18.2 Å². The van der Waals surface area contributed by atoms with E-state index in [1.54, 1.807) is 25.3 Å². The molecule has 2 aromatic rings. The van der Waals surface area contributed by atoms with Gasteiger partial charge in [-0.05, 0) is 42.3 Å². The van der Waals surface area contributed by atoms with E-state index in [0.29, 0.717) is 11.1 Å². The lowest BCUT2D eigenvalue weighted by Gasteiger charge is -2.21. The molecule has 4 nitrogen and oxygen atoms in total. The fraction of sp³-hybridized carbons (Fsp3) is 0.357. The largest absolute Gasteiger partial charge is 0.271 e. The number of hydrazine groups is 1. The van der Waals surface area contributed by atoms with Crippen LogP contribution < -0.4 is 11.3 Å². The maximum absolute atomic E-state index is 14.4. The highest BCUT2D eigenvalue weighted by Crippen LogP contribution is 2.31. The number of hydrogen-bond acceptors (Lipinski definition) is 3. The molecular formula is C14H18BrFN4. The van der Waals surface area contributed by atoms with Crippen molar-refractivity contribution >= 4 is 15.9 Å². The molecule has 0 fully saturated rings. The van der Waals surface area contributed by atoms with Crippen molar-refractivity contribution in [1.82, 2.24) is 15.2 Å². The molecule has 3 N–H and O–H groups in total. The van der Waals surface area contributed by atoms with Crippen LogP contribution in [0, 0.1) is 12.7 Å². The van der Waals surface area contributed by atoms with Gasteiger partial charge >= 0.3 is 0 Å². The summed E-state index contributed by atoms with van der Waals surface area (Å²) in [6, 6.07) is 4.98. The van der Waals surface area contributed by atoms with Crippen LogP contribution in [0.15, 0.2) is 28.9 Å². The summed E-state index contributed by atoms with van der Waals surface area (Å²) in [6.45, 7) is 5.77. The number of nitrogens with one attached hydrogen (secondary N) is 1. The summed E-state index contributed by atoms with van der Waals surface area (Å²) in [6.07, 6.45) is 1.70. The fourth-order valence-corrected chi connectivity index (χ4v) is 2.74. The van der Waals surface area contributed by atoms with Gasteiger partial charge in [0.1, 0.15) is 5.82 Å². The van der Waals surface area contributed by atoms with Gasteiger partial charge in [0.2, 0.25) is 0 Å². The van der Waals surface area contributed by atoms with Gasteiger partial charge in [-0.15, -0.1) is 0 Å². The zero-order chi connectivity index (χ0) is 14.9. The quantitative estimate of drug-likeness (QED) is 0.663. The van der Waals surface area contributed by atoms with E-state index in [1.165, 1.54) is 0 Å². The summed E-state index contributed by atoms with van der Waals surface area (Å²) in [5.74, 6) is 5.42. The molecule has 0 radical (unpaired) electrons. The average molecular weight is 341 g/mol. The lowest BCUT2D eigenvalue weighted by Crippen LogP contribution is -2.32. The minimum atomic E-state index is -0.464. The Morgan fingerprint density at radius 2 is 2.10 bits per heavy atom. The first-order chi connectivity index (χ1) is 9.47. The molecule has 20 heavy (non-hydrogen) atoms. The van der Waals surface area contributed by atoms with Crippen LogP contribution in [0.4, 0.5) is 4.39 Å². The van der Waals surface area contributed by atoms with Gasteiger partial charge in [-0.2, -0.15) is 5.10 Å². The van der Waals surface area contributed by atoms with Crippen LogP contribution in [0.2, 0.25) is 0 Å². The second-order valence-electron chi connectivity index (χ2n) is 4.99. The average Bonchev–Trinajstić information content (AvgIpc) is 2.78. The molecule has 6 heteroatoms. The summed E-state index contributed by atoms with van der Waals surface area (Å²) < 4.78 is 17.0. The first-order valence-electron chi connectivity index (χ1n) is 6.41. The molecule has 0 aliphatic rings. The van der Waals surface area contributed by atoms with Gasteiger partial charge in [0.15, 0.2) is 0 Å². The van der Waals surface area contributed by atoms with Gasteiger partial charge in [0.05, 0.1) is 22.4 Å². The summed E-state index contributed by atoms with van der Waals surface area (Å²) in [5, 5.41) is 4.31. The van der Waals surface area contributed by atoms with Crippen LogP contribution in [0.1, 0.15) is 42.8 Å². The van der Waals surface area contributed by atoms with Crippen LogP contribution in [0.3, 0.4) is 0 Å². The van der Waals surface area contributed by atoms with E-state index in [2.05, 4.69) is 26.5 Å². The highest BCUT2D eigenvalue weighted by Gasteiger charge is 2.25. The minimum absolute atomic E-state index is 0.153. The lowest BCUT2D eigenvalue weighted by molar-refractivity contribution is 0.465. The normalized spacial score (nSPS) is 12.9. The molecule has 108 valence electrons. The third-order valence-corrected chi connectivity index (χ3v) is 3.86. The molecule has 0 aliphatic carbocycles. The molecular weight excluding hydrogens is 323 g/mol. The molecule has 0 saturated carbocycles. The summed E-state index contributed by atoms with van der Waals surface area (Å²) in [7, 11) is 0. The SMILES string of the molecule is Cc1cccc(C(NN)c2c(Br)cnn2C(C)C)c1F. The third-order valence-electron chi connectivity index (χ3n) is 3.25. The highest BCUT2D eigenvalue weighted by molar-refractivity contribution is 9.10. The van der Waals surface area contributed by atoms with Crippen molar-refractivity contribution in [2.75, 3.05) is 0 Å². The fourth-order valence-electron chi connectivity index (χ4n) is 2.24. The number of aryl methyl sites for hydroxylation is 1. The van der Waals surface area contributed by atoms with Crippen LogP contribution >= 0.6 is 15.9 Å². The number of halogens is 2. The molecule has 0 spiro atoms. The Labute approximate surface area is 126 Å². The zero-order valence-electron chi connectivity index (χ0n) is 11.7. The van der Waals surface area contributed by atoms with Crippen molar-refractivity contribution in [1.29, 1.82) is 0 Å². The molecule has 1 heterocycles. The van der Waals surface area contributed by atoms with Crippen molar-refractivity contribution in [2.45, 2.75) is 32.9 Å². The van der Waals surface area contributed by atoms with Gasteiger partial charge < -0.3 is 0 Å². The minimum Gasteiger partial charge on any atom is -0.271 e. The van der Waals surface area contributed by atoms with Crippen molar-refractivity contribution < 1.29 is 4.39 Å². The molecule has 1 atom stereocenters. The maximum atomic E-state index is 14.4. The second-order valence-corrected chi connectivity index (χ2v) is 5.85. The van der Waals surface area contributed by atoms with Gasteiger partial charge in [-0.25, -0.2) is 9.82 Å². The van der Waals surface area contributed by atoms with E-state index in [0.717, 1.165) is 10.2 Å². The topological polar surface area (TPSA) is 55.9 Å². The standard InChI is InChI=1S/C14H18BrFN4/c1-8(2)20-14(11(15)7-18-20)13(19-17)10-6-4-5-9(3)12(10)16/h4-8,13,19H,17H2,1-3H3. The van der Waals surface area contributed by atoms with Crippen molar-refractivity contribution in [2.24, 2.45) is 5.84 Å². The number of aromatic nitrogens is 2. The Hall–Kier alpha value is -1.24. The van der Waals surface area contributed by atoms with Crippen LogP contribution in [0.25, 0.3) is 0 Å². The summed E-state index contributed by atoms with van der Waals surface area (Å²) in [5.41, 5.74) is 4.61. The highest BCUT2D eigenvalue weighted by atomic mass is 79.9. The van der Waals surface area contributed by atoms with E-state index >= 15 is 0 Å². The Balaban J connectivity index is 2.58. The van der Waals surface area contributed by atoms with E-state index in [1.807, 2.05) is 24.6 Å². The number of hydrogen-bond donors (Lipinski definition) is 2. The first-order valence-corrected chi connectivity index (χ1v) is 7.20. The van der Waals surface area contributed by atoms with Crippen molar-refractivity contribution in [3.05, 3.63) is 51.5 Å². The van der Waals surface area contributed by atoms with E-state index in [-0.39, 0.29) is 11.9 Å². The first kappa shape index (κ1) is 15.2. The van der Waals surface area contributed by atoms with Gasteiger partial charge in [0.25, 0.3) is 0 Å². The predicted octanol–water partition coefficient (Wildman–Crippen LogP) is 3.23. The molecule has 0 amide bonds. The number of rotatable bonds is 4. The maximum Gasteiger partial charge on any atom is 0.131 e. The Morgan fingerprint density at radius 1 is 1.40 bits per heavy atom. The van der Waals surface area contributed by atoms with Gasteiger partial charge in [0, 0.05) is 11.6 Å². The van der Waals surface area contributed by atoms with Crippen molar-refractivity contribution in [3.63, 3.8) is 0 Å². The van der Waals surface area contributed by atoms with E-state index in [4.69, 9.17) is 5.84 Å². The Morgan fingerprint density at radius 3 is 2.70 bits per heavy atom. The summed E-state index contributed by atoms with van der Waals surface area (Å²) >= 11 is 3.47. The van der Waals surface area contributed by atoms with E-state index in [9.17, 15) is 4.39 Å². The number of benzene rings is 1. The number of nitrogens with zero attached hydrogens (tertiary/aromatic N) is 2. The second kappa shape index (κ2) is 6.03. The van der Waals surface area contributed by atoms with E-state index < -0.39 is 6.04 Å². The molecule has 2 rings (SSSR count). The molecule has 0 saturated heterocycles. The Kier molecular flexibility index (Phi) is 4.57. The van der Waals surface area contributed by atoms with Crippen LogP contribution in [-0.2, 0) is 0 Å². The Bertz CT molecular complexity index is 609.